The van der Waals surface area contributed by atoms with Crippen LogP contribution in [0.2, 0.25) is 0 Å². The number of rotatable bonds is 3. The van der Waals surface area contributed by atoms with Crippen molar-refractivity contribution < 1.29 is 0 Å². The highest BCUT2D eigenvalue weighted by Gasteiger charge is 2.11. The minimum absolute atomic E-state index is 0.450. The SMILES string of the molecule is CC(C)c1ccccc1-c1cnn(-c2ccccn2)n1. The molecule has 20 heavy (non-hydrogen) atoms. The Morgan fingerprint density at radius 1 is 1.00 bits per heavy atom. The van der Waals surface area contributed by atoms with Crippen molar-refractivity contribution in [1.82, 2.24) is 20.0 Å². The second kappa shape index (κ2) is 5.25. The van der Waals surface area contributed by atoms with Gasteiger partial charge in [0.1, 0.15) is 5.69 Å². The van der Waals surface area contributed by atoms with Gasteiger partial charge in [-0.1, -0.05) is 44.2 Å². The van der Waals surface area contributed by atoms with Crippen LogP contribution in [0.15, 0.2) is 54.9 Å². The highest BCUT2D eigenvalue weighted by atomic mass is 15.5. The molecule has 0 saturated carbocycles. The molecule has 4 nitrogen and oxygen atoms in total. The van der Waals surface area contributed by atoms with E-state index < -0.39 is 0 Å². The number of nitrogens with zero attached hydrogens (tertiary/aromatic N) is 4. The van der Waals surface area contributed by atoms with Gasteiger partial charge in [0.15, 0.2) is 5.82 Å². The number of hydrogen-bond acceptors (Lipinski definition) is 3. The monoisotopic (exact) mass is 264 g/mol. The van der Waals surface area contributed by atoms with Gasteiger partial charge in [-0.2, -0.15) is 5.10 Å². The van der Waals surface area contributed by atoms with Crippen LogP contribution in [0.3, 0.4) is 0 Å². The summed E-state index contributed by atoms with van der Waals surface area (Å²) in [6, 6.07) is 14.0. The summed E-state index contributed by atoms with van der Waals surface area (Å²) in [5.41, 5.74) is 3.28. The maximum absolute atomic E-state index is 4.54. The predicted octanol–water partition coefficient (Wildman–Crippen LogP) is 3.45. The van der Waals surface area contributed by atoms with Crippen LogP contribution in [0.1, 0.15) is 25.3 Å². The van der Waals surface area contributed by atoms with Crippen LogP contribution in [-0.2, 0) is 0 Å². The molecule has 2 heterocycles. The van der Waals surface area contributed by atoms with Gasteiger partial charge >= 0.3 is 0 Å². The molecule has 2 aromatic heterocycles. The number of aromatic nitrogens is 4. The van der Waals surface area contributed by atoms with Crippen molar-refractivity contribution in [2.45, 2.75) is 19.8 Å². The lowest BCUT2D eigenvalue weighted by atomic mass is 9.96. The topological polar surface area (TPSA) is 43.6 Å². The van der Waals surface area contributed by atoms with Crippen molar-refractivity contribution in [2.24, 2.45) is 0 Å². The third-order valence-corrected chi connectivity index (χ3v) is 3.20. The van der Waals surface area contributed by atoms with E-state index in [1.54, 1.807) is 17.2 Å². The summed E-state index contributed by atoms with van der Waals surface area (Å²) >= 11 is 0. The molecule has 0 atom stereocenters. The van der Waals surface area contributed by atoms with E-state index in [1.807, 2.05) is 24.3 Å². The largest absolute Gasteiger partial charge is 0.236 e. The van der Waals surface area contributed by atoms with E-state index in [1.165, 1.54) is 5.56 Å². The summed E-state index contributed by atoms with van der Waals surface area (Å²) in [6.45, 7) is 4.37. The minimum Gasteiger partial charge on any atom is -0.236 e. The lowest BCUT2D eigenvalue weighted by Crippen LogP contribution is -2.01. The van der Waals surface area contributed by atoms with Gasteiger partial charge in [0, 0.05) is 11.8 Å². The van der Waals surface area contributed by atoms with Crippen molar-refractivity contribution in [3.05, 3.63) is 60.4 Å². The molecule has 0 radical (unpaired) electrons. The molecule has 0 aliphatic carbocycles. The fraction of sp³-hybridized carbons (Fsp3) is 0.188. The summed E-state index contributed by atoms with van der Waals surface area (Å²) in [4.78, 5) is 5.81. The highest BCUT2D eigenvalue weighted by molar-refractivity contribution is 5.63. The summed E-state index contributed by atoms with van der Waals surface area (Å²) in [5.74, 6) is 1.17. The zero-order chi connectivity index (χ0) is 13.9. The van der Waals surface area contributed by atoms with Gasteiger partial charge in [0.05, 0.1) is 6.20 Å². The standard InChI is InChI=1S/C16H16N4/c1-12(2)13-7-3-4-8-14(13)15-11-18-20(19-15)16-9-5-6-10-17-16/h3-12H,1-2H3. The van der Waals surface area contributed by atoms with Crippen LogP contribution < -0.4 is 0 Å². The average molecular weight is 264 g/mol. The van der Waals surface area contributed by atoms with Gasteiger partial charge in [0.2, 0.25) is 0 Å². The quantitative estimate of drug-likeness (QED) is 0.727. The Balaban J connectivity index is 2.03. The first-order chi connectivity index (χ1) is 9.75. The van der Waals surface area contributed by atoms with E-state index in [4.69, 9.17) is 0 Å². The van der Waals surface area contributed by atoms with E-state index in [9.17, 15) is 0 Å². The maximum atomic E-state index is 4.54. The Morgan fingerprint density at radius 3 is 2.55 bits per heavy atom. The first-order valence-electron chi connectivity index (χ1n) is 6.69. The molecule has 0 fully saturated rings. The molecule has 0 unspecified atom stereocenters. The van der Waals surface area contributed by atoms with Crippen molar-refractivity contribution >= 4 is 0 Å². The Labute approximate surface area is 118 Å². The molecule has 1 aromatic carbocycles. The lowest BCUT2D eigenvalue weighted by Gasteiger charge is -2.09. The molecular weight excluding hydrogens is 248 g/mol. The summed E-state index contributed by atoms with van der Waals surface area (Å²) < 4.78 is 0. The van der Waals surface area contributed by atoms with E-state index >= 15 is 0 Å². The average Bonchev–Trinajstić information content (AvgIpc) is 2.98. The Morgan fingerprint density at radius 2 is 1.80 bits per heavy atom. The van der Waals surface area contributed by atoms with Gasteiger partial charge < -0.3 is 0 Å². The third-order valence-electron chi connectivity index (χ3n) is 3.20. The minimum atomic E-state index is 0.450. The van der Waals surface area contributed by atoms with E-state index in [2.05, 4.69) is 47.2 Å². The summed E-state index contributed by atoms with van der Waals surface area (Å²) in [7, 11) is 0. The van der Waals surface area contributed by atoms with Gasteiger partial charge in [-0.05, 0) is 23.6 Å². The van der Waals surface area contributed by atoms with E-state index in [0.29, 0.717) is 5.92 Å². The number of pyridine rings is 1. The predicted molar refractivity (Wildman–Crippen MR) is 78.7 cm³/mol. The number of benzene rings is 1. The number of hydrogen-bond donors (Lipinski definition) is 0. The van der Waals surface area contributed by atoms with E-state index in [-0.39, 0.29) is 0 Å². The Kier molecular flexibility index (Phi) is 3.29. The molecule has 0 amide bonds. The smallest absolute Gasteiger partial charge is 0.174 e. The van der Waals surface area contributed by atoms with Crippen LogP contribution in [0, 0.1) is 0 Å². The van der Waals surface area contributed by atoms with Crippen molar-refractivity contribution in [1.29, 1.82) is 0 Å². The Bertz CT molecular complexity index is 701. The molecule has 0 N–H and O–H groups in total. The van der Waals surface area contributed by atoms with Gasteiger partial charge in [-0.3, -0.25) is 0 Å². The van der Waals surface area contributed by atoms with Crippen LogP contribution >= 0.6 is 0 Å². The van der Waals surface area contributed by atoms with Crippen molar-refractivity contribution in [3.63, 3.8) is 0 Å². The summed E-state index contributed by atoms with van der Waals surface area (Å²) in [6.07, 6.45) is 3.52. The van der Waals surface area contributed by atoms with Crippen LogP contribution in [-0.4, -0.2) is 20.0 Å². The molecule has 3 aromatic rings. The third kappa shape index (κ3) is 2.32. The highest BCUT2D eigenvalue weighted by Crippen LogP contribution is 2.27. The fourth-order valence-corrected chi connectivity index (χ4v) is 2.20. The molecule has 4 heteroatoms. The van der Waals surface area contributed by atoms with Gasteiger partial charge in [-0.25, -0.2) is 4.98 Å². The van der Waals surface area contributed by atoms with Crippen LogP contribution in [0.5, 0.6) is 0 Å². The molecule has 0 spiro atoms. The van der Waals surface area contributed by atoms with Crippen molar-refractivity contribution in [2.75, 3.05) is 0 Å². The Hall–Kier alpha value is -2.49. The molecular formula is C16H16N4. The van der Waals surface area contributed by atoms with Gasteiger partial charge in [0.25, 0.3) is 0 Å². The second-order valence-electron chi connectivity index (χ2n) is 4.95. The van der Waals surface area contributed by atoms with Crippen molar-refractivity contribution in [3.8, 4) is 17.1 Å². The normalized spacial score (nSPS) is 10.9. The first-order valence-corrected chi connectivity index (χ1v) is 6.69. The van der Waals surface area contributed by atoms with Crippen LogP contribution in [0.4, 0.5) is 0 Å². The first kappa shape index (κ1) is 12.5. The molecule has 0 aliphatic rings. The van der Waals surface area contributed by atoms with E-state index in [0.717, 1.165) is 17.1 Å². The zero-order valence-electron chi connectivity index (χ0n) is 11.6. The lowest BCUT2D eigenvalue weighted by molar-refractivity contribution is 0.730. The van der Waals surface area contributed by atoms with Crippen LogP contribution in [0.25, 0.3) is 17.1 Å². The molecule has 0 saturated heterocycles. The summed E-state index contributed by atoms with van der Waals surface area (Å²) in [5, 5.41) is 8.84. The fourth-order valence-electron chi connectivity index (χ4n) is 2.20. The van der Waals surface area contributed by atoms with Gasteiger partial charge in [-0.15, -0.1) is 9.90 Å². The molecule has 0 aliphatic heterocycles. The molecule has 100 valence electrons. The zero-order valence-corrected chi connectivity index (χ0v) is 11.6. The molecule has 3 rings (SSSR count). The molecule has 0 bridgehead atoms. The second-order valence-corrected chi connectivity index (χ2v) is 4.95. The maximum Gasteiger partial charge on any atom is 0.174 e.